The first-order valence-corrected chi connectivity index (χ1v) is 11.6. The van der Waals surface area contributed by atoms with Gasteiger partial charge in [-0.2, -0.15) is 13.2 Å². The van der Waals surface area contributed by atoms with Gasteiger partial charge in [0.2, 0.25) is 0 Å². The standard InChI is InChI=1S/C23H20Cl2F3N5O3/c1-11(19-31-17-5-3-13(24)9-18(17)32-19)29-20(34)12-2-4-15(16(25)8-12)21(35)33-7-6-14(10-33)30-22(36)23(26,27)28/h2-5,8-9,11,14H,6-7,10H2,1H3,(H,29,34)(H,30,36)(H,31,32). The Morgan fingerprint density at radius 1 is 1.17 bits per heavy atom. The van der Waals surface area contributed by atoms with Crippen LogP contribution in [0, 0.1) is 0 Å². The maximum absolute atomic E-state index is 12.8. The lowest BCUT2D eigenvalue weighted by molar-refractivity contribution is -0.174. The zero-order valence-electron chi connectivity index (χ0n) is 18.7. The molecule has 1 aromatic heterocycles. The summed E-state index contributed by atoms with van der Waals surface area (Å²) in [6, 6.07) is 8.07. The number of aromatic nitrogens is 2. The monoisotopic (exact) mass is 541 g/mol. The van der Waals surface area contributed by atoms with E-state index in [9.17, 15) is 27.6 Å². The molecular formula is C23H20Cl2F3N5O3. The summed E-state index contributed by atoms with van der Waals surface area (Å²) in [5, 5.41) is 5.24. The molecule has 1 saturated heterocycles. The van der Waals surface area contributed by atoms with Crippen molar-refractivity contribution < 1.29 is 27.6 Å². The quantitative estimate of drug-likeness (QED) is 0.448. The zero-order chi connectivity index (χ0) is 26.2. The highest BCUT2D eigenvalue weighted by Gasteiger charge is 2.41. The highest BCUT2D eigenvalue weighted by molar-refractivity contribution is 6.34. The number of carbonyl (C=O) groups is 3. The summed E-state index contributed by atoms with van der Waals surface area (Å²) in [5.41, 5.74) is 1.73. The van der Waals surface area contributed by atoms with E-state index in [1.54, 1.807) is 25.1 Å². The van der Waals surface area contributed by atoms with Crippen LogP contribution in [0.4, 0.5) is 13.2 Å². The fourth-order valence-corrected chi connectivity index (χ4v) is 4.31. The van der Waals surface area contributed by atoms with Gasteiger partial charge in [-0.15, -0.1) is 0 Å². The molecule has 0 aliphatic carbocycles. The molecule has 8 nitrogen and oxygen atoms in total. The van der Waals surface area contributed by atoms with E-state index in [0.717, 1.165) is 5.52 Å². The van der Waals surface area contributed by atoms with Gasteiger partial charge in [-0.1, -0.05) is 23.2 Å². The van der Waals surface area contributed by atoms with Gasteiger partial charge >= 0.3 is 12.1 Å². The first-order valence-electron chi connectivity index (χ1n) is 10.8. The molecule has 0 radical (unpaired) electrons. The lowest BCUT2D eigenvalue weighted by atomic mass is 10.1. The van der Waals surface area contributed by atoms with Crippen molar-refractivity contribution in [1.29, 1.82) is 0 Å². The van der Waals surface area contributed by atoms with E-state index in [4.69, 9.17) is 23.2 Å². The summed E-state index contributed by atoms with van der Waals surface area (Å²) in [6.45, 7) is 1.82. The van der Waals surface area contributed by atoms with Crippen LogP contribution in [0.25, 0.3) is 11.0 Å². The lowest BCUT2D eigenvalue weighted by Gasteiger charge is -2.18. The zero-order valence-corrected chi connectivity index (χ0v) is 20.3. The third kappa shape index (κ3) is 5.57. The molecule has 3 N–H and O–H groups in total. The van der Waals surface area contributed by atoms with Crippen molar-refractivity contribution in [2.45, 2.75) is 31.6 Å². The molecule has 1 aliphatic heterocycles. The molecular weight excluding hydrogens is 522 g/mol. The van der Waals surface area contributed by atoms with Crippen LogP contribution in [0.1, 0.15) is 45.9 Å². The predicted molar refractivity (Wildman–Crippen MR) is 127 cm³/mol. The van der Waals surface area contributed by atoms with Crippen LogP contribution in [-0.4, -0.2) is 57.9 Å². The first-order chi connectivity index (χ1) is 16.9. The van der Waals surface area contributed by atoms with Gasteiger partial charge < -0.3 is 20.5 Å². The molecule has 2 unspecified atom stereocenters. The minimum atomic E-state index is -4.99. The number of alkyl halides is 3. The van der Waals surface area contributed by atoms with Crippen molar-refractivity contribution in [3.8, 4) is 0 Å². The number of nitrogens with one attached hydrogen (secondary N) is 3. The molecule has 3 amide bonds. The third-order valence-electron chi connectivity index (χ3n) is 5.75. The maximum Gasteiger partial charge on any atom is 0.471 e. The fourth-order valence-electron chi connectivity index (χ4n) is 3.88. The Balaban J connectivity index is 1.39. The Morgan fingerprint density at radius 2 is 1.92 bits per heavy atom. The summed E-state index contributed by atoms with van der Waals surface area (Å²) in [6.07, 6.45) is -4.82. The van der Waals surface area contributed by atoms with Crippen LogP contribution in [0.3, 0.4) is 0 Å². The molecule has 0 saturated carbocycles. The van der Waals surface area contributed by atoms with Gasteiger partial charge in [0.05, 0.1) is 27.7 Å². The second-order valence-corrected chi connectivity index (χ2v) is 9.22. The second-order valence-electron chi connectivity index (χ2n) is 8.38. The first kappa shape index (κ1) is 25.8. The highest BCUT2D eigenvalue weighted by Crippen LogP contribution is 2.24. The number of hydrogen-bond acceptors (Lipinski definition) is 4. The molecule has 2 heterocycles. The Bertz CT molecular complexity index is 1340. The van der Waals surface area contributed by atoms with Crippen molar-refractivity contribution >= 4 is 52.0 Å². The maximum atomic E-state index is 12.8. The number of rotatable bonds is 5. The Morgan fingerprint density at radius 3 is 2.61 bits per heavy atom. The lowest BCUT2D eigenvalue weighted by Crippen LogP contribution is -2.44. The van der Waals surface area contributed by atoms with E-state index in [1.165, 1.54) is 23.1 Å². The molecule has 1 aliphatic rings. The molecule has 2 atom stereocenters. The second kappa shape index (κ2) is 9.98. The molecule has 3 aromatic rings. The normalized spacial score (nSPS) is 16.7. The molecule has 2 aromatic carbocycles. The molecule has 1 fully saturated rings. The van der Waals surface area contributed by atoms with E-state index in [2.05, 4.69) is 15.3 Å². The number of amides is 3. The van der Waals surface area contributed by atoms with Gasteiger partial charge in [0.25, 0.3) is 11.8 Å². The summed E-state index contributed by atoms with van der Waals surface area (Å²) in [7, 11) is 0. The van der Waals surface area contributed by atoms with Crippen LogP contribution in [0.5, 0.6) is 0 Å². The molecule has 36 heavy (non-hydrogen) atoms. The third-order valence-corrected chi connectivity index (χ3v) is 6.30. The topological polar surface area (TPSA) is 107 Å². The van der Waals surface area contributed by atoms with Crippen LogP contribution >= 0.6 is 23.2 Å². The summed E-state index contributed by atoms with van der Waals surface area (Å²) < 4.78 is 37.4. The van der Waals surface area contributed by atoms with Gasteiger partial charge in [0.1, 0.15) is 5.82 Å². The fraction of sp³-hybridized carbons (Fsp3) is 0.304. The molecule has 13 heteroatoms. The van der Waals surface area contributed by atoms with Crippen LogP contribution in [0.15, 0.2) is 36.4 Å². The minimum Gasteiger partial charge on any atom is -0.344 e. The van der Waals surface area contributed by atoms with Gasteiger partial charge in [-0.25, -0.2) is 4.98 Å². The molecule has 190 valence electrons. The number of nitrogens with zero attached hydrogens (tertiary/aromatic N) is 2. The molecule has 0 bridgehead atoms. The van der Waals surface area contributed by atoms with Crippen LogP contribution in [-0.2, 0) is 4.79 Å². The number of fused-ring (bicyclic) bond motifs is 1. The SMILES string of the molecule is CC(NC(=O)c1ccc(C(=O)N2CCC(NC(=O)C(F)(F)F)C2)c(Cl)c1)c1nc2cc(Cl)ccc2[nH]1. The number of H-pyrrole nitrogens is 1. The van der Waals surface area contributed by atoms with Gasteiger partial charge in [-0.3, -0.25) is 14.4 Å². The summed E-state index contributed by atoms with van der Waals surface area (Å²) >= 11 is 12.3. The average Bonchev–Trinajstić information content (AvgIpc) is 3.44. The van der Waals surface area contributed by atoms with Crippen molar-refractivity contribution in [2.75, 3.05) is 13.1 Å². The highest BCUT2D eigenvalue weighted by atomic mass is 35.5. The van der Waals surface area contributed by atoms with E-state index in [-0.39, 0.29) is 35.7 Å². The van der Waals surface area contributed by atoms with Gasteiger partial charge in [-0.05, 0) is 49.7 Å². The Hall–Kier alpha value is -3.31. The Labute approximate surface area is 213 Å². The smallest absolute Gasteiger partial charge is 0.344 e. The molecule has 4 rings (SSSR count). The van der Waals surface area contributed by atoms with Gasteiger partial charge in [0, 0.05) is 29.7 Å². The number of likely N-dealkylation sites (tertiary alicyclic amines) is 1. The largest absolute Gasteiger partial charge is 0.471 e. The number of carbonyl (C=O) groups excluding carboxylic acids is 3. The predicted octanol–water partition coefficient (Wildman–Crippen LogP) is 4.25. The summed E-state index contributed by atoms with van der Waals surface area (Å²) in [4.78, 5) is 45.6. The van der Waals surface area contributed by atoms with Crippen molar-refractivity contribution in [2.24, 2.45) is 0 Å². The van der Waals surface area contributed by atoms with E-state index in [0.29, 0.717) is 16.4 Å². The number of imidazole rings is 1. The summed E-state index contributed by atoms with van der Waals surface area (Å²) in [5.74, 6) is -2.47. The number of halogens is 5. The average molecular weight is 542 g/mol. The molecule has 0 spiro atoms. The van der Waals surface area contributed by atoms with Crippen molar-refractivity contribution in [3.05, 3.63) is 63.4 Å². The van der Waals surface area contributed by atoms with Gasteiger partial charge in [0.15, 0.2) is 0 Å². The van der Waals surface area contributed by atoms with E-state index >= 15 is 0 Å². The minimum absolute atomic E-state index is 0.0152. The number of aromatic amines is 1. The number of benzene rings is 2. The van der Waals surface area contributed by atoms with Crippen LogP contribution in [0.2, 0.25) is 10.0 Å². The van der Waals surface area contributed by atoms with Crippen molar-refractivity contribution in [3.63, 3.8) is 0 Å². The Kier molecular flexibility index (Phi) is 7.14. The van der Waals surface area contributed by atoms with Crippen molar-refractivity contribution in [1.82, 2.24) is 25.5 Å². The number of hydrogen-bond donors (Lipinski definition) is 3. The van der Waals surface area contributed by atoms with Crippen LogP contribution < -0.4 is 10.6 Å². The van der Waals surface area contributed by atoms with E-state index in [1.807, 2.05) is 5.32 Å². The van der Waals surface area contributed by atoms with E-state index < -0.39 is 36.0 Å².